The predicted octanol–water partition coefficient (Wildman–Crippen LogP) is 1.61. The summed E-state index contributed by atoms with van der Waals surface area (Å²) in [5.41, 5.74) is 6.46. The largest absolute Gasteiger partial charge is 0.465 e. The third kappa shape index (κ3) is 3.36. The number of alkyl halides is 2. The number of carbonyl (C=O) groups is 1. The number of aliphatic hydroxyl groups excluding tert-OH is 1. The van der Waals surface area contributed by atoms with Crippen molar-refractivity contribution in [1.82, 2.24) is 0 Å². The SMILES string of the molecule is COC(=O)c1sc(Br)c2c1N(C[C@H](N)CO)CC(F)(F)C2. The number of halogens is 3. The van der Waals surface area contributed by atoms with E-state index in [4.69, 9.17) is 15.6 Å². The van der Waals surface area contributed by atoms with E-state index in [2.05, 4.69) is 15.9 Å². The average Bonchev–Trinajstić information content (AvgIpc) is 2.74. The molecule has 0 saturated heterocycles. The number of hydrogen-bond donors (Lipinski definition) is 2. The number of ether oxygens (including phenoxy) is 1. The highest BCUT2D eigenvalue weighted by Gasteiger charge is 2.42. The normalized spacial score (nSPS) is 18.3. The number of methoxy groups -OCH3 is 1. The molecule has 1 aliphatic rings. The molecule has 0 fully saturated rings. The number of nitrogens with zero attached hydrogens (tertiary/aromatic N) is 1. The maximum atomic E-state index is 13.9. The smallest absolute Gasteiger partial charge is 0.350 e. The van der Waals surface area contributed by atoms with Crippen LogP contribution >= 0.6 is 27.3 Å². The summed E-state index contributed by atoms with van der Waals surface area (Å²) in [5.74, 6) is -3.49. The van der Waals surface area contributed by atoms with Crippen LogP contribution in [0.3, 0.4) is 0 Å². The molecule has 0 spiro atoms. The van der Waals surface area contributed by atoms with E-state index in [9.17, 15) is 13.6 Å². The number of carbonyl (C=O) groups excluding carboxylic acids is 1. The van der Waals surface area contributed by atoms with Crippen LogP contribution < -0.4 is 10.6 Å². The summed E-state index contributed by atoms with van der Waals surface area (Å²) < 4.78 is 33.0. The lowest BCUT2D eigenvalue weighted by Crippen LogP contribution is -2.49. The summed E-state index contributed by atoms with van der Waals surface area (Å²) >= 11 is 4.30. The second-order valence-electron chi connectivity index (χ2n) is 4.88. The first kappa shape index (κ1) is 16.6. The number of thiophene rings is 1. The van der Waals surface area contributed by atoms with Gasteiger partial charge in [-0.25, -0.2) is 13.6 Å². The summed E-state index contributed by atoms with van der Waals surface area (Å²) in [4.78, 5) is 13.5. The van der Waals surface area contributed by atoms with E-state index >= 15 is 0 Å². The molecule has 0 aliphatic carbocycles. The highest BCUT2D eigenvalue weighted by molar-refractivity contribution is 9.11. The molecule has 0 amide bonds. The maximum Gasteiger partial charge on any atom is 0.350 e. The van der Waals surface area contributed by atoms with Crippen LogP contribution in [0, 0.1) is 0 Å². The minimum atomic E-state index is -2.92. The van der Waals surface area contributed by atoms with E-state index in [0.29, 0.717) is 15.0 Å². The minimum absolute atomic E-state index is 0.0340. The van der Waals surface area contributed by atoms with Gasteiger partial charge in [-0.3, -0.25) is 0 Å². The van der Waals surface area contributed by atoms with Crippen molar-refractivity contribution in [2.45, 2.75) is 18.4 Å². The molecule has 118 valence electrons. The number of esters is 1. The van der Waals surface area contributed by atoms with Gasteiger partial charge in [0.1, 0.15) is 4.88 Å². The molecular weight excluding hydrogens is 370 g/mol. The van der Waals surface area contributed by atoms with E-state index in [1.54, 1.807) is 0 Å². The molecule has 0 bridgehead atoms. The number of nitrogens with two attached hydrogens (primary N) is 1. The van der Waals surface area contributed by atoms with E-state index < -0.39 is 30.9 Å². The Hall–Kier alpha value is -0.770. The summed E-state index contributed by atoms with van der Waals surface area (Å²) in [5, 5.41) is 9.04. The molecular formula is C12H15BrF2N2O3S. The van der Waals surface area contributed by atoms with Gasteiger partial charge < -0.3 is 20.5 Å². The van der Waals surface area contributed by atoms with Gasteiger partial charge in [0, 0.05) is 24.6 Å². The number of hydrogen-bond acceptors (Lipinski definition) is 6. The fourth-order valence-electron chi connectivity index (χ4n) is 2.32. The first-order valence-electron chi connectivity index (χ1n) is 6.17. The fraction of sp³-hybridized carbons (Fsp3) is 0.583. The fourth-order valence-corrected chi connectivity index (χ4v) is 4.12. The number of aliphatic hydroxyl groups is 1. The lowest BCUT2D eigenvalue weighted by atomic mass is 10.0. The monoisotopic (exact) mass is 384 g/mol. The van der Waals surface area contributed by atoms with E-state index in [0.717, 1.165) is 11.3 Å². The van der Waals surface area contributed by atoms with E-state index in [1.165, 1.54) is 12.0 Å². The van der Waals surface area contributed by atoms with Crippen LogP contribution in [0.25, 0.3) is 0 Å². The van der Waals surface area contributed by atoms with Crippen molar-refractivity contribution in [3.8, 4) is 0 Å². The molecule has 1 aliphatic heterocycles. The molecule has 2 heterocycles. The van der Waals surface area contributed by atoms with Crippen LogP contribution in [0.5, 0.6) is 0 Å². The first-order valence-corrected chi connectivity index (χ1v) is 7.78. The zero-order valence-electron chi connectivity index (χ0n) is 11.2. The molecule has 1 aromatic heterocycles. The van der Waals surface area contributed by atoms with Crippen LogP contribution in [-0.2, 0) is 11.2 Å². The van der Waals surface area contributed by atoms with Crippen LogP contribution in [0.1, 0.15) is 15.2 Å². The standard InChI is InChI=1S/C12H15BrF2N2O3S/c1-20-11(19)9-8-7(10(13)21-9)2-12(14,15)5-17(8)3-6(16)4-18/h6,18H,2-5,16H2,1H3/t6-/m0/s1. The number of rotatable bonds is 4. The molecule has 3 N–H and O–H groups in total. The topological polar surface area (TPSA) is 75.8 Å². The molecule has 1 atom stereocenters. The quantitative estimate of drug-likeness (QED) is 0.771. The van der Waals surface area contributed by atoms with Crippen molar-refractivity contribution in [3.63, 3.8) is 0 Å². The Morgan fingerprint density at radius 3 is 2.90 bits per heavy atom. The summed E-state index contributed by atoms with van der Waals surface area (Å²) in [7, 11) is 1.24. The molecule has 2 rings (SSSR count). The molecule has 0 saturated carbocycles. The van der Waals surface area contributed by atoms with Gasteiger partial charge >= 0.3 is 5.97 Å². The Kier molecular flexibility index (Phi) is 4.86. The van der Waals surface area contributed by atoms with Crippen molar-refractivity contribution >= 4 is 38.9 Å². The zero-order valence-corrected chi connectivity index (χ0v) is 13.6. The molecule has 0 unspecified atom stereocenters. The van der Waals surface area contributed by atoms with E-state index in [-0.39, 0.29) is 18.0 Å². The zero-order chi connectivity index (χ0) is 15.8. The van der Waals surface area contributed by atoms with Gasteiger partial charge in [0.05, 0.1) is 29.7 Å². The Bertz CT molecular complexity index is 553. The van der Waals surface area contributed by atoms with Crippen molar-refractivity contribution in [1.29, 1.82) is 0 Å². The number of anilines is 1. The molecule has 5 nitrogen and oxygen atoms in total. The van der Waals surface area contributed by atoms with Crippen LogP contribution in [0.2, 0.25) is 0 Å². The third-order valence-electron chi connectivity index (χ3n) is 3.16. The van der Waals surface area contributed by atoms with Gasteiger partial charge in [-0.05, 0) is 15.9 Å². The van der Waals surface area contributed by atoms with Crippen molar-refractivity contribution < 1.29 is 23.4 Å². The lowest BCUT2D eigenvalue weighted by molar-refractivity contribution is 0.00471. The molecule has 21 heavy (non-hydrogen) atoms. The first-order chi connectivity index (χ1) is 9.79. The Morgan fingerprint density at radius 2 is 2.33 bits per heavy atom. The highest BCUT2D eigenvalue weighted by atomic mass is 79.9. The van der Waals surface area contributed by atoms with Gasteiger partial charge in [0.2, 0.25) is 0 Å². The number of fused-ring (bicyclic) bond motifs is 1. The van der Waals surface area contributed by atoms with Crippen molar-refractivity contribution in [3.05, 3.63) is 14.2 Å². The van der Waals surface area contributed by atoms with Gasteiger partial charge in [-0.1, -0.05) is 0 Å². The summed E-state index contributed by atoms with van der Waals surface area (Å²) in [6.45, 7) is -0.830. The maximum absolute atomic E-state index is 13.9. The Balaban J connectivity index is 2.48. The molecule has 1 aromatic rings. The van der Waals surface area contributed by atoms with Gasteiger partial charge in [-0.15, -0.1) is 11.3 Å². The Morgan fingerprint density at radius 1 is 1.67 bits per heavy atom. The van der Waals surface area contributed by atoms with Gasteiger partial charge in [0.25, 0.3) is 5.92 Å². The van der Waals surface area contributed by atoms with E-state index in [1.807, 2.05) is 0 Å². The predicted molar refractivity (Wildman–Crippen MR) is 79.3 cm³/mol. The highest BCUT2D eigenvalue weighted by Crippen LogP contribution is 2.46. The van der Waals surface area contributed by atoms with Gasteiger partial charge in [0.15, 0.2) is 0 Å². The molecule has 9 heteroatoms. The second kappa shape index (κ2) is 6.15. The van der Waals surface area contributed by atoms with Crippen LogP contribution in [-0.4, -0.2) is 49.8 Å². The van der Waals surface area contributed by atoms with Crippen molar-refractivity contribution in [2.24, 2.45) is 5.73 Å². The van der Waals surface area contributed by atoms with Crippen LogP contribution in [0.15, 0.2) is 3.79 Å². The lowest BCUT2D eigenvalue weighted by Gasteiger charge is -2.36. The molecule has 0 radical (unpaired) electrons. The second-order valence-corrected chi connectivity index (χ2v) is 7.22. The summed E-state index contributed by atoms with van der Waals surface area (Å²) in [6, 6.07) is -0.670. The van der Waals surface area contributed by atoms with Gasteiger partial charge in [-0.2, -0.15) is 0 Å². The third-order valence-corrected chi connectivity index (χ3v) is 5.12. The minimum Gasteiger partial charge on any atom is -0.465 e. The average molecular weight is 385 g/mol. The van der Waals surface area contributed by atoms with Crippen LogP contribution in [0.4, 0.5) is 14.5 Å². The molecule has 0 aromatic carbocycles. The Labute approximate surface area is 132 Å². The van der Waals surface area contributed by atoms with Crippen molar-refractivity contribution in [2.75, 3.05) is 31.7 Å². The summed E-state index contributed by atoms with van der Waals surface area (Å²) in [6.07, 6.45) is -0.443.